The first-order valence-electron chi connectivity index (χ1n) is 8.96. The van der Waals surface area contributed by atoms with Crippen molar-refractivity contribution in [2.24, 2.45) is 0 Å². The largest absolute Gasteiger partial charge is 0.507 e. The maximum atomic E-state index is 12.5. The molecule has 4 nitrogen and oxygen atoms in total. The van der Waals surface area contributed by atoms with Crippen molar-refractivity contribution in [3.63, 3.8) is 0 Å². The third-order valence-electron chi connectivity index (χ3n) is 5.55. The molecule has 130 valence electrons. The Morgan fingerprint density at radius 2 is 1.79 bits per heavy atom. The van der Waals surface area contributed by atoms with Gasteiger partial charge in [-0.25, -0.2) is 0 Å². The number of Topliss-reactive ketones (excluding diaryl/α,β-unsaturated/α-hetero) is 1. The summed E-state index contributed by atoms with van der Waals surface area (Å²) in [5.74, 6) is 0.614. The standard InChI is InChI=1S/C20H27NO3/c1-11(2)15-13-6-9-20(7-5-8-20)24-19(13)17(14(22)10-21)16(12(3)4)18(15)23/h10-12,21,23H,5-9H2,1-4H3. The summed E-state index contributed by atoms with van der Waals surface area (Å²) in [5, 5.41) is 18.4. The molecule has 1 aliphatic heterocycles. The van der Waals surface area contributed by atoms with Crippen LogP contribution in [0.1, 0.15) is 92.3 Å². The number of hydrogen-bond acceptors (Lipinski definition) is 4. The summed E-state index contributed by atoms with van der Waals surface area (Å²) >= 11 is 0. The Kier molecular flexibility index (Phi) is 4.18. The first-order chi connectivity index (χ1) is 11.3. The number of aromatic hydroxyl groups is 1. The summed E-state index contributed by atoms with van der Waals surface area (Å²) in [6.45, 7) is 8.05. The molecule has 1 aromatic carbocycles. The monoisotopic (exact) mass is 329 g/mol. The Hall–Kier alpha value is -1.84. The SMILES string of the molecule is CC(C)c1c(O)c(C(C)C)c(C(=O)C=N)c2c1CCC1(CCC1)O2. The first-order valence-corrected chi connectivity index (χ1v) is 8.96. The number of nitrogens with one attached hydrogen (secondary N) is 1. The van der Waals surface area contributed by atoms with E-state index in [-0.39, 0.29) is 29.0 Å². The van der Waals surface area contributed by atoms with E-state index in [1.165, 1.54) is 0 Å². The van der Waals surface area contributed by atoms with E-state index in [9.17, 15) is 9.90 Å². The van der Waals surface area contributed by atoms with Gasteiger partial charge in [-0.05, 0) is 43.9 Å². The van der Waals surface area contributed by atoms with Crippen LogP contribution in [0.15, 0.2) is 0 Å². The second-order valence-electron chi connectivity index (χ2n) is 7.82. The van der Waals surface area contributed by atoms with E-state index in [2.05, 4.69) is 13.8 Å². The van der Waals surface area contributed by atoms with Gasteiger partial charge in [-0.15, -0.1) is 0 Å². The van der Waals surface area contributed by atoms with Crippen molar-refractivity contribution < 1.29 is 14.6 Å². The molecule has 1 heterocycles. The number of hydrogen-bond donors (Lipinski definition) is 2. The van der Waals surface area contributed by atoms with Crippen molar-refractivity contribution in [2.75, 3.05) is 0 Å². The van der Waals surface area contributed by atoms with Crippen LogP contribution in [0.25, 0.3) is 0 Å². The van der Waals surface area contributed by atoms with Gasteiger partial charge in [0.1, 0.15) is 17.1 Å². The van der Waals surface area contributed by atoms with Crippen LogP contribution < -0.4 is 4.74 Å². The number of fused-ring (bicyclic) bond motifs is 1. The summed E-state index contributed by atoms with van der Waals surface area (Å²) in [4.78, 5) is 12.5. The molecule has 0 amide bonds. The van der Waals surface area contributed by atoms with Crippen LogP contribution in [0.4, 0.5) is 0 Å². The number of ketones is 1. The molecule has 2 aliphatic rings. The molecule has 4 heteroatoms. The number of carbonyl (C=O) groups excluding carboxylic acids is 1. The molecule has 0 atom stereocenters. The van der Waals surface area contributed by atoms with E-state index in [4.69, 9.17) is 10.1 Å². The van der Waals surface area contributed by atoms with Gasteiger partial charge in [0.15, 0.2) is 0 Å². The first kappa shape index (κ1) is 17.0. The van der Waals surface area contributed by atoms with Gasteiger partial charge in [-0.2, -0.15) is 0 Å². The van der Waals surface area contributed by atoms with Crippen LogP contribution in [-0.2, 0) is 6.42 Å². The highest BCUT2D eigenvalue weighted by Gasteiger charge is 2.45. The van der Waals surface area contributed by atoms with Crippen LogP contribution in [0, 0.1) is 5.41 Å². The number of ether oxygens (including phenoxy) is 1. The molecule has 2 N–H and O–H groups in total. The summed E-state index contributed by atoms with van der Waals surface area (Å²) < 4.78 is 6.41. The Morgan fingerprint density at radius 1 is 1.17 bits per heavy atom. The summed E-state index contributed by atoms with van der Waals surface area (Å²) in [5.41, 5.74) is 2.77. The molecule has 0 saturated heterocycles. The fraction of sp³-hybridized carbons (Fsp3) is 0.600. The smallest absolute Gasteiger partial charge is 0.207 e. The molecule has 0 aromatic heterocycles. The van der Waals surface area contributed by atoms with Gasteiger partial charge in [0.2, 0.25) is 5.78 Å². The van der Waals surface area contributed by atoms with Crippen LogP contribution in [0.2, 0.25) is 0 Å². The van der Waals surface area contributed by atoms with Gasteiger partial charge in [0.25, 0.3) is 0 Å². The van der Waals surface area contributed by atoms with Gasteiger partial charge in [0, 0.05) is 16.7 Å². The minimum atomic E-state index is -0.378. The van der Waals surface area contributed by atoms with Crippen molar-refractivity contribution in [3.8, 4) is 11.5 Å². The average molecular weight is 329 g/mol. The van der Waals surface area contributed by atoms with E-state index in [1.807, 2.05) is 13.8 Å². The molecule has 0 radical (unpaired) electrons. The summed E-state index contributed by atoms with van der Waals surface area (Å²) in [6.07, 6.45) is 5.82. The zero-order valence-electron chi connectivity index (χ0n) is 15.0. The normalized spacial score (nSPS) is 18.2. The highest BCUT2D eigenvalue weighted by Crippen LogP contribution is 2.52. The molecule has 1 spiro atoms. The van der Waals surface area contributed by atoms with Gasteiger partial charge in [0.05, 0.1) is 11.8 Å². The lowest BCUT2D eigenvalue weighted by Gasteiger charge is -2.46. The zero-order valence-corrected chi connectivity index (χ0v) is 15.0. The fourth-order valence-corrected chi connectivity index (χ4v) is 4.21. The third-order valence-corrected chi connectivity index (χ3v) is 5.55. The zero-order chi connectivity index (χ0) is 17.6. The maximum Gasteiger partial charge on any atom is 0.207 e. The minimum Gasteiger partial charge on any atom is -0.507 e. The van der Waals surface area contributed by atoms with E-state index in [1.54, 1.807) is 0 Å². The van der Waals surface area contributed by atoms with Crippen LogP contribution in [0.5, 0.6) is 11.5 Å². The van der Waals surface area contributed by atoms with Crippen LogP contribution in [-0.4, -0.2) is 22.7 Å². The van der Waals surface area contributed by atoms with E-state index >= 15 is 0 Å². The molecule has 3 rings (SSSR count). The van der Waals surface area contributed by atoms with Gasteiger partial charge < -0.3 is 15.3 Å². The molecular formula is C20H27NO3. The average Bonchev–Trinajstić information content (AvgIpc) is 2.50. The second kappa shape index (κ2) is 5.91. The van der Waals surface area contributed by atoms with E-state index in [0.29, 0.717) is 16.9 Å². The molecule has 1 fully saturated rings. The second-order valence-corrected chi connectivity index (χ2v) is 7.82. The van der Waals surface area contributed by atoms with Crippen molar-refractivity contribution in [3.05, 3.63) is 22.3 Å². The Labute approximate surface area is 143 Å². The predicted molar refractivity (Wildman–Crippen MR) is 94.9 cm³/mol. The summed E-state index contributed by atoms with van der Waals surface area (Å²) in [6, 6.07) is 0. The lowest BCUT2D eigenvalue weighted by atomic mass is 9.72. The van der Waals surface area contributed by atoms with Crippen molar-refractivity contribution in [1.29, 1.82) is 5.41 Å². The molecular weight excluding hydrogens is 302 g/mol. The summed E-state index contributed by atoms with van der Waals surface area (Å²) in [7, 11) is 0. The molecule has 24 heavy (non-hydrogen) atoms. The van der Waals surface area contributed by atoms with Gasteiger partial charge in [-0.3, -0.25) is 4.79 Å². The van der Waals surface area contributed by atoms with Crippen LogP contribution >= 0.6 is 0 Å². The number of benzene rings is 1. The number of carbonyl (C=O) groups is 1. The topological polar surface area (TPSA) is 70.4 Å². The molecule has 0 bridgehead atoms. The maximum absolute atomic E-state index is 12.5. The highest BCUT2D eigenvalue weighted by molar-refractivity contribution is 6.36. The Morgan fingerprint density at radius 3 is 2.25 bits per heavy atom. The highest BCUT2D eigenvalue weighted by atomic mass is 16.5. The third kappa shape index (κ3) is 2.43. The van der Waals surface area contributed by atoms with E-state index in [0.717, 1.165) is 49.4 Å². The van der Waals surface area contributed by atoms with Gasteiger partial charge in [-0.1, -0.05) is 27.7 Å². The van der Waals surface area contributed by atoms with Crippen LogP contribution in [0.3, 0.4) is 0 Å². The van der Waals surface area contributed by atoms with Crippen molar-refractivity contribution >= 4 is 12.0 Å². The molecule has 0 unspecified atom stereocenters. The lowest BCUT2D eigenvalue weighted by Crippen LogP contribution is -2.46. The molecule has 1 saturated carbocycles. The lowest BCUT2D eigenvalue weighted by molar-refractivity contribution is -0.0258. The Bertz CT molecular complexity index is 700. The number of phenols is 1. The van der Waals surface area contributed by atoms with Gasteiger partial charge >= 0.3 is 0 Å². The van der Waals surface area contributed by atoms with E-state index < -0.39 is 0 Å². The quantitative estimate of drug-likeness (QED) is 0.620. The fourth-order valence-electron chi connectivity index (χ4n) is 4.21. The predicted octanol–water partition coefficient (Wildman–Crippen LogP) is 4.72. The minimum absolute atomic E-state index is 0.0189. The molecule has 1 aromatic rings. The van der Waals surface area contributed by atoms with Crippen molar-refractivity contribution in [1.82, 2.24) is 0 Å². The number of rotatable bonds is 4. The van der Waals surface area contributed by atoms with Crippen molar-refractivity contribution in [2.45, 2.75) is 77.2 Å². The number of phenolic OH excluding ortho intramolecular Hbond substituents is 1. The Balaban J connectivity index is 2.32. The molecule has 1 aliphatic carbocycles.